The molecule has 2 heterocycles. The van der Waals surface area contributed by atoms with Crippen LogP contribution in [0.5, 0.6) is 0 Å². The third kappa shape index (κ3) is 4.77. The average molecular weight is 419 g/mol. The molecule has 146 valence electrons. The Labute approximate surface area is 168 Å². The minimum atomic E-state index is -0.438. The Morgan fingerprint density at radius 1 is 1.25 bits per heavy atom. The van der Waals surface area contributed by atoms with Gasteiger partial charge in [0, 0.05) is 19.2 Å². The van der Waals surface area contributed by atoms with Gasteiger partial charge in [-0.15, -0.1) is 11.3 Å². The normalized spacial score (nSPS) is 10.8. The Morgan fingerprint density at radius 3 is 2.79 bits per heavy atom. The van der Waals surface area contributed by atoms with Crippen LogP contribution in [0.3, 0.4) is 0 Å². The van der Waals surface area contributed by atoms with E-state index in [-0.39, 0.29) is 22.4 Å². The lowest BCUT2D eigenvalue weighted by Crippen LogP contribution is -2.35. The molecule has 1 aromatic carbocycles. The first-order valence-corrected chi connectivity index (χ1v) is 10.2. The number of carbonyl (C=O) groups excluding carboxylic acids is 2. The number of hydrogen-bond donors (Lipinski definition) is 2. The number of nitrogens with one attached hydrogen (secondary N) is 2. The molecule has 28 heavy (non-hydrogen) atoms. The lowest BCUT2D eigenvalue weighted by Gasteiger charge is -2.13. The highest BCUT2D eigenvalue weighted by Gasteiger charge is 2.16. The molecule has 10 heteroatoms. The van der Waals surface area contributed by atoms with Gasteiger partial charge in [-0.2, -0.15) is 4.68 Å². The van der Waals surface area contributed by atoms with E-state index in [2.05, 4.69) is 15.7 Å². The van der Waals surface area contributed by atoms with Crippen LogP contribution in [0.2, 0.25) is 0 Å². The third-order valence-corrected chi connectivity index (χ3v) is 5.49. The van der Waals surface area contributed by atoms with Crippen molar-refractivity contribution in [2.24, 2.45) is 0 Å². The van der Waals surface area contributed by atoms with Gasteiger partial charge in [0.15, 0.2) is 5.16 Å². The van der Waals surface area contributed by atoms with Crippen molar-refractivity contribution in [2.45, 2.75) is 5.16 Å². The van der Waals surface area contributed by atoms with Crippen LogP contribution in [-0.2, 0) is 9.53 Å². The summed E-state index contributed by atoms with van der Waals surface area (Å²) >= 11 is 2.32. The Morgan fingerprint density at radius 2 is 2.04 bits per heavy atom. The monoisotopic (exact) mass is 418 g/mol. The number of methoxy groups -OCH3 is 1. The average Bonchev–Trinajstić information content (AvgIpc) is 3.18. The van der Waals surface area contributed by atoms with Crippen LogP contribution in [0, 0.1) is 0 Å². The van der Waals surface area contributed by atoms with Gasteiger partial charge in [0.25, 0.3) is 11.5 Å². The molecule has 8 nitrogen and oxygen atoms in total. The largest absolute Gasteiger partial charge is 0.383 e. The molecule has 0 saturated heterocycles. The molecular formula is C18H18N4O4S2. The van der Waals surface area contributed by atoms with Crippen molar-refractivity contribution >= 4 is 45.1 Å². The number of ether oxygens (including phenoxy) is 1. The Bertz CT molecular complexity index is 1030. The van der Waals surface area contributed by atoms with Crippen molar-refractivity contribution in [3.8, 4) is 0 Å². The van der Waals surface area contributed by atoms with Crippen LogP contribution in [0.25, 0.3) is 10.2 Å². The predicted octanol–water partition coefficient (Wildman–Crippen LogP) is 1.70. The number of hydrogen-bond acceptors (Lipinski definition) is 7. The summed E-state index contributed by atoms with van der Waals surface area (Å²) < 4.78 is 6.42. The minimum Gasteiger partial charge on any atom is -0.383 e. The smallest absolute Gasteiger partial charge is 0.291 e. The molecule has 0 bridgehead atoms. The van der Waals surface area contributed by atoms with Crippen LogP contribution in [-0.4, -0.2) is 47.5 Å². The second-order valence-electron chi connectivity index (χ2n) is 5.61. The van der Waals surface area contributed by atoms with E-state index < -0.39 is 5.91 Å². The van der Waals surface area contributed by atoms with Crippen molar-refractivity contribution < 1.29 is 14.3 Å². The summed E-state index contributed by atoms with van der Waals surface area (Å²) in [5.41, 5.74) is 3.15. The summed E-state index contributed by atoms with van der Waals surface area (Å²) in [5, 5.41) is 4.70. The Balaban J connectivity index is 1.84. The van der Waals surface area contributed by atoms with Crippen molar-refractivity contribution in [1.29, 1.82) is 0 Å². The van der Waals surface area contributed by atoms with Crippen molar-refractivity contribution in [3.63, 3.8) is 0 Å². The van der Waals surface area contributed by atoms with E-state index in [1.54, 1.807) is 48.9 Å². The molecule has 0 aliphatic rings. The first-order chi connectivity index (χ1) is 13.6. The number of amides is 2. The number of thioether (sulfide) groups is 1. The Hall–Kier alpha value is -2.69. The quantitative estimate of drug-likeness (QED) is 0.328. The fourth-order valence-corrected chi connectivity index (χ4v) is 3.86. The van der Waals surface area contributed by atoms with Gasteiger partial charge in [0.1, 0.15) is 4.70 Å². The SMILES string of the molecule is COCCNC(=O)CSc1nc2ccsc2c(=O)n1NC(=O)c1ccccc1. The zero-order valence-electron chi connectivity index (χ0n) is 15.0. The van der Waals surface area contributed by atoms with Gasteiger partial charge < -0.3 is 10.1 Å². The highest BCUT2D eigenvalue weighted by atomic mass is 32.2. The maximum absolute atomic E-state index is 12.8. The van der Waals surface area contributed by atoms with Crippen LogP contribution >= 0.6 is 23.1 Å². The molecule has 0 unspecified atom stereocenters. The second-order valence-corrected chi connectivity index (χ2v) is 7.47. The molecule has 0 aliphatic carbocycles. The van der Waals surface area contributed by atoms with E-state index in [1.165, 1.54) is 11.3 Å². The molecule has 2 N–H and O–H groups in total. The van der Waals surface area contributed by atoms with Gasteiger partial charge in [-0.05, 0) is 23.6 Å². The van der Waals surface area contributed by atoms with Crippen LogP contribution in [0.4, 0.5) is 0 Å². The van der Waals surface area contributed by atoms with E-state index in [9.17, 15) is 14.4 Å². The van der Waals surface area contributed by atoms with Gasteiger partial charge in [-0.3, -0.25) is 19.8 Å². The van der Waals surface area contributed by atoms with E-state index in [1.807, 2.05) is 0 Å². The summed E-state index contributed by atoms with van der Waals surface area (Å²) in [4.78, 5) is 41.7. The number of aromatic nitrogens is 2. The zero-order valence-corrected chi connectivity index (χ0v) is 16.6. The van der Waals surface area contributed by atoms with Crippen molar-refractivity contribution in [3.05, 3.63) is 57.7 Å². The fraction of sp³-hybridized carbons (Fsp3) is 0.222. The highest BCUT2D eigenvalue weighted by Crippen LogP contribution is 2.20. The molecule has 0 saturated carbocycles. The first kappa shape index (κ1) is 20.1. The molecule has 3 rings (SSSR count). The molecule has 0 spiro atoms. The summed E-state index contributed by atoms with van der Waals surface area (Å²) in [5.74, 6) is -0.609. The Kier molecular flexibility index (Phi) is 6.80. The highest BCUT2D eigenvalue weighted by molar-refractivity contribution is 7.99. The zero-order chi connectivity index (χ0) is 19.9. The third-order valence-electron chi connectivity index (χ3n) is 3.66. The van der Waals surface area contributed by atoms with Crippen molar-refractivity contribution in [1.82, 2.24) is 15.0 Å². The molecule has 0 aliphatic heterocycles. The topological polar surface area (TPSA) is 102 Å². The number of thiophene rings is 1. The summed E-state index contributed by atoms with van der Waals surface area (Å²) in [6, 6.07) is 10.3. The number of benzene rings is 1. The van der Waals surface area contributed by atoms with Crippen LogP contribution in [0.15, 0.2) is 51.7 Å². The number of carbonyl (C=O) groups is 2. The van der Waals surface area contributed by atoms with E-state index in [0.717, 1.165) is 16.4 Å². The van der Waals surface area contributed by atoms with E-state index in [0.29, 0.717) is 28.9 Å². The van der Waals surface area contributed by atoms with Gasteiger partial charge in [-0.1, -0.05) is 30.0 Å². The maximum atomic E-state index is 12.8. The van der Waals surface area contributed by atoms with Gasteiger partial charge in [-0.25, -0.2) is 4.98 Å². The van der Waals surface area contributed by atoms with Crippen molar-refractivity contribution in [2.75, 3.05) is 31.4 Å². The predicted molar refractivity (Wildman–Crippen MR) is 110 cm³/mol. The fourth-order valence-electron chi connectivity index (χ4n) is 2.32. The van der Waals surface area contributed by atoms with Gasteiger partial charge in [0.2, 0.25) is 5.91 Å². The van der Waals surface area contributed by atoms with Gasteiger partial charge in [0.05, 0.1) is 17.9 Å². The number of fused-ring (bicyclic) bond motifs is 1. The number of rotatable bonds is 8. The molecule has 2 amide bonds. The first-order valence-electron chi connectivity index (χ1n) is 8.35. The molecule has 2 aromatic heterocycles. The van der Waals surface area contributed by atoms with Crippen LogP contribution < -0.4 is 16.3 Å². The standard InChI is InChI=1S/C18H18N4O4S2/c1-26-9-8-19-14(23)11-28-18-20-13-7-10-27-15(13)17(25)22(18)21-16(24)12-5-3-2-4-6-12/h2-7,10H,8-9,11H2,1H3,(H,19,23)(H,21,24). The second kappa shape index (κ2) is 9.49. The lowest BCUT2D eigenvalue weighted by atomic mass is 10.2. The van der Waals surface area contributed by atoms with Gasteiger partial charge >= 0.3 is 0 Å². The number of nitrogens with zero attached hydrogens (tertiary/aromatic N) is 2. The maximum Gasteiger partial charge on any atom is 0.291 e. The summed E-state index contributed by atoms with van der Waals surface area (Å²) in [7, 11) is 1.55. The summed E-state index contributed by atoms with van der Waals surface area (Å²) in [6.07, 6.45) is 0. The molecule has 0 radical (unpaired) electrons. The lowest BCUT2D eigenvalue weighted by molar-refractivity contribution is -0.118. The molecular weight excluding hydrogens is 400 g/mol. The molecule has 0 atom stereocenters. The molecule has 0 fully saturated rings. The van der Waals surface area contributed by atoms with Crippen LogP contribution in [0.1, 0.15) is 10.4 Å². The molecule has 3 aromatic rings. The minimum absolute atomic E-state index is 0.0486. The summed E-state index contributed by atoms with van der Waals surface area (Å²) in [6.45, 7) is 0.803. The van der Waals surface area contributed by atoms with E-state index >= 15 is 0 Å². The van der Waals surface area contributed by atoms with E-state index in [4.69, 9.17) is 4.74 Å².